The zero-order valence-electron chi connectivity index (χ0n) is 14.0. The molecule has 7 heteroatoms. The van der Waals surface area contributed by atoms with Gasteiger partial charge in [0.05, 0.1) is 26.3 Å². The van der Waals surface area contributed by atoms with Crippen LogP contribution in [0.3, 0.4) is 0 Å². The van der Waals surface area contributed by atoms with Crippen LogP contribution in [0.15, 0.2) is 28.7 Å². The molecular formula is C17H19NO6. The third-order valence-corrected chi connectivity index (χ3v) is 3.58. The summed E-state index contributed by atoms with van der Waals surface area (Å²) in [7, 11) is 4.60. The summed E-state index contributed by atoms with van der Waals surface area (Å²) in [4.78, 5) is 25.1. The molecule has 0 aliphatic heterocycles. The maximum Gasteiger partial charge on any atom is 0.339 e. The summed E-state index contributed by atoms with van der Waals surface area (Å²) >= 11 is 0. The summed E-state index contributed by atoms with van der Waals surface area (Å²) in [5.41, 5.74) is 0.468. The summed E-state index contributed by atoms with van der Waals surface area (Å²) in [6, 6.07) is 6.34. The molecule has 0 saturated carbocycles. The van der Waals surface area contributed by atoms with Gasteiger partial charge in [0.1, 0.15) is 28.6 Å². The molecule has 0 aliphatic carbocycles. The zero-order valence-corrected chi connectivity index (χ0v) is 14.0. The number of carbonyl (C=O) groups is 2. The van der Waals surface area contributed by atoms with E-state index in [1.165, 1.54) is 25.2 Å². The van der Waals surface area contributed by atoms with Crippen LogP contribution in [-0.4, -0.2) is 43.2 Å². The third kappa shape index (κ3) is 3.51. The molecule has 0 spiro atoms. The summed E-state index contributed by atoms with van der Waals surface area (Å²) in [5, 5.41) is 9.05. The van der Waals surface area contributed by atoms with Crippen molar-refractivity contribution < 1.29 is 28.6 Å². The first kappa shape index (κ1) is 17.4. The normalized spacial score (nSPS) is 10.3. The van der Waals surface area contributed by atoms with E-state index in [2.05, 4.69) is 0 Å². The molecular weight excluding hydrogens is 314 g/mol. The Morgan fingerprint density at radius 2 is 1.88 bits per heavy atom. The van der Waals surface area contributed by atoms with Gasteiger partial charge in [0, 0.05) is 13.1 Å². The number of carboxylic acids is 1. The predicted octanol–water partition coefficient (Wildman–Crippen LogP) is 2.58. The molecule has 0 radical (unpaired) electrons. The van der Waals surface area contributed by atoms with E-state index < -0.39 is 5.97 Å². The van der Waals surface area contributed by atoms with Gasteiger partial charge in [-0.25, -0.2) is 4.79 Å². The number of hydrogen-bond acceptors (Lipinski definition) is 5. The van der Waals surface area contributed by atoms with Gasteiger partial charge >= 0.3 is 5.97 Å². The van der Waals surface area contributed by atoms with Crippen LogP contribution >= 0.6 is 0 Å². The van der Waals surface area contributed by atoms with Crippen LogP contribution < -0.4 is 9.47 Å². The van der Waals surface area contributed by atoms with Crippen LogP contribution in [0, 0.1) is 6.92 Å². The maximum atomic E-state index is 12.6. The van der Waals surface area contributed by atoms with Gasteiger partial charge < -0.3 is 23.9 Å². The van der Waals surface area contributed by atoms with E-state index >= 15 is 0 Å². The van der Waals surface area contributed by atoms with Crippen molar-refractivity contribution in [1.29, 1.82) is 0 Å². The largest absolute Gasteiger partial charge is 0.497 e. The lowest BCUT2D eigenvalue weighted by molar-refractivity contribution is 0.0694. The highest BCUT2D eigenvalue weighted by molar-refractivity contribution is 5.97. The summed E-state index contributed by atoms with van der Waals surface area (Å²) < 4.78 is 15.7. The van der Waals surface area contributed by atoms with Crippen molar-refractivity contribution in [2.45, 2.75) is 13.5 Å². The Hall–Kier alpha value is -2.96. The molecule has 1 aromatic carbocycles. The fraction of sp³-hybridized carbons (Fsp3) is 0.294. The highest BCUT2D eigenvalue weighted by atomic mass is 16.5. The minimum atomic E-state index is -1.06. The van der Waals surface area contributed by atoms with Crippen LogP contribution in [-0.2, 0) is 6.54 Å². The topological polar surface area (TPSA) is 89.2 Å². The highest BCUT2D eigenvalue weighted by Crippen LogP contribution is 2.26. The Bertz CT molecular complexity index is 764. The molecule has 24 heavy (non-hydrogen) atoms. The van der Waals surface area contributed by atoms with Gasteiger partial charge in [-0.15, -0.1) is 0 Å². The number of nitrogens with zero attached hydrogens (tertiary/aromatic N) is 1. The van der Waals surface area contributed by atoms with Gasteiger partial charge in [0.25, 0.3) is 5.91 Å². The number of ether oxygens (including phenoxy) is 2. The van der Waals surface area contributed by atoms with Gasteiger partial charge in [-0.1, -0.05) is 0 Å². The first-order valence-corrected chi connectivity index (χ1v) is 7.17. The number of carboxylic acid groups (broad SMARTS) is 1. The number of hydrogen-bond donors (Lipinski definition) is 1. The monoisotopic (exact) mass is 333 g/mol. The lowest BCUT2D eigenvalue weighted by Crippen LogP contribution is -2.26. The smallest absolute Gasteiger partial charge is 0.339 e. The van der Waals surface area contributed by atoms with E-state index in [9.17, 15) is 9.59 Å². The fourth-order valence-electron chi connectivity index (χ4n) is 2.32. The van der Waals surface area contributed by atoms with Gasteiger partial charge in [-0.2, -0.15) is 0 Å². The van der Waals surface area contributed by atoms with E-state index in [0.29, 0.717) is 28.6 Å². The number of amides is 1. The Morgan fingerprint density at radius 3 is 2.42 bits per heavy atom. The van der Waals surface area contributed by atoms with Crippen LogP contribution in [0.4, 0.5) is 0 Å². The quantitative estimate of drug-likeness (QED) is 0.874. The Kier molecular flexibility index (Phi) is 5.13. The number of aromatic carboxylic acids is 1. The average Bonchev–Trinajstić information content (AvgIpc) is 2.93. The Morgan fingerprint density at radius 1 is 1.17 bits per heavy atom. The second-order valence-electron chi connectivity index (χ2n) is 5.22. The van der Waals surface area contributed by atoms with Crippen molar-refractivity contribution in [3.63, 3.8) is 0 Å². The van der Waals surface area contributed by atoms with Crippen LogP contribution in [0.5, 0.6) is 11.5 Å². The molecule has 2 aromatic rings. The van der Waals surface area contributed by atoms with Crippen molar-refractivity contribution in [3.8, 4) is 11.5 Å². The number of aryl methyl sites for hydroxylation is 1. The van der Waals surface area contributed by atoms with Crippen molar-refractivity contribution in [3.05, 3.63) is 46.9 Å². The second-order valence-corrected chi connectivity index (χ2v) is 5.22. The first-order chi connectivity index (χ1) is 11.4. The molecule has 7 nitrogen and oxygen atoms in total. The van der Waals surface area contributed by atoms with Crippen LogP contribution in [0.1, 0.15) is 32.2 Å². The van der Waals surface area contributed by atoms with E-state index in [4.69, 9.17) is 19.0 Å². The fourth-order valence-corrected chi connectivity index (χ4v) is 2.32. The van der Waals surface area contributed by atoms with Crippen molar-refractivity contribution in [2.75, 3.05) is 21.3 Å². The molecule has 1 amide bonds. The van der Waals surface area contributed by atoms with E-state index in [1.54, 1.807) is 32.2 Å². The number of rotatable bonds is 6. The minimum Gasteiger partial charge on any atom is -0.497 e. The molecule has 128 valence electrons. The summed E-state index contributed by atoms with van der Waals surface area (Å²) in [5.74, 6) is 0.342. The van der Waals surface area contributed by atoms with Gasteiger partial charge in [0.2, 0.25) is 0 Å². The molecule has 1 aromatic heterocycles. The Labute approximate surface area is 139 Å². The number of furan rings is 1. The van der Waals surface area contributed by atoms with Gasteiger partial charge in [-0.3, -0.25) is 4.79 Å². The first-order valence-electron chi connectivity index (χ1n) is 7.17. The molecule has 0 saturated heterocycles. The Balaban J connectivity index is 2.21. The van der Waals surface area contributed by atoms with Crippen molar-refractivity contribution in [1.82, 2.24) is 4.90 Å². The molecule has 2 rings (SSSR count). The molecule has 1 N–H and O–H groups in total. The molecule has 0 bridgehead atoms. The van der Waals surface area contributed by atoms with Crippen LogP contribution in [0.25, 0.3) is 0 Å². The molecule has 0 aliphatic rings. The van der Waals surface area contributed by atoms with E-state index in [-0.39, 0.29) is 18.0 Å². The highest BCUT2D eigenvalue weighted by Gasteiger charge is 2.20. The average molecular weight is 333 g/mol. The SMILES string of the molecule is COc1ccc(C(=O)N(C)Cc2cc(C(=O)O)c(C)o2)c(OC)c1. The van der Waals surface area contributed by atoms with Crippen LogP contribution in [0.2, 0.25) is 0 Å². The van der Waals surface area contributed by atoms with Gasteiger partial charge in [0.15, 0.2) is 0 Å². The maximum absolute atomic E-state index is 12.6. The summed E-state index contributed by atoms with van der Waals surface area (Å²) in [6.07, 6.45) is 0. The lowest BCUT2D eigenvalue weighted by Gasteiger charge is -2.18. The lowest BCUT2D eigenvalue weighted by atomic mass is 10.1. The van der Waals surface area contributed by atoms with Crippen molar-refractivity contribution >= 4 is 11.9 Å². The molecule has 0 atom stereocenters. The second kappa shape index (κ2) is 7.08. The number of methoxy groups -OCH3 is 2. The van der Waals surface area contributed by atoms with Gasteiger partial charge in [-0.05, 0) is 25.1 Å². The predicted molar refractivity (Wildman–Crippen MR) is 85.7 cm³/mol. The molecule has 0 fully saturated rings. The number of carbonyl (C=O) groups excluding carboxylic acids is 1. The standard InChI is InChI=1S/C17H19NO6/c1-10-14(17(20)21)7-12(24-10)9-18(2)16(19)13-6-5-11(22-3)8-15(13)23-4/h5-8H,9H2,1-4H3,(H,20,21). The summed E-state index contributed by atoms with van der Waals surface area (Å²) in [6.45, 7) is 1.71. The van der Waals surface area contributed by atoms with Crippen molar-refractivity contribution in [2.24, 2.45) is 0 Å². The van der Waals surface area contributed by atoms with E-state index in [0.717, 1.165) is 0 Å². The zero-order chi connectivity index (χ0) is 17.9. The molecule has 0 unspecified atom stereocenters. The molecule has 1 heterocycles. The minimum absolute atomic E-state index is 0.0906. The van der Waals surface area contributed by atoms with E-state index in [1.807, 2.05) is 0 Å². The number of benzene rings is 1. The third-order valence-electron chi connectivity index (χ3n) is 3.58.